The molecule has 0 unspecified atom stereocenters. The van der Waals surface area contributed by atoms with Gasteiger partial charge in [0, 0.05) is 42.9 Å². The molecule has 0 spiro atoms. The number of hydrogen-bond donors (Lipinski definition) is 1. The minimum Gasteiger partial charge on any atom is -0.371 e. The van der Waals surface area contributed by atoms with Crippen molar-refractivity contribution in [1.29, 1.82) is 0 Å². The molecule has 2 aromatic heterocycles. The van der Waals surface area contributed by atoms with Crippen LogP contribution in [0, 0.1) is 12.7 Å². The Balaban J connectivity index is 1.34. The molecule has 4 aromatic rings. The van der Waals surface area contributed by atoms with Crippen LogP contribution in [-0.4, -0.2) is 46.6 Å². The monoisotopic (exact) mass is 482 g/mol. The molecule has 1 saturated heterocycles. The first-order chi connectivity index (χ1) is 16.1. The fourth-order valence-corrected chi connectivity index (χ4v) is 6.01. The summed E-state index contributed by atoms with van der Waals surface area (Å²) in [5.74, 6) is -0.279. The zero-order chi connectivity index (χ0) is 24.1. The summed E-state index contributed by atoms with van der Waals surface area (Å²) in [6.07, 6.45) is 6.05. The molecule has 0 amide bonds. The maximum absolute atomic E-state index is 13.3. The molecule has 0 saturated carbocycles. The van der Waals surface area contributed by atoms with E-state index in [1.165, 1.54) is 29.2 Å². The third-order valence-corrected chi connectivity index (χ3v) is 8.13. The lowest BCUT2D eigenvalue weighted by molar-refractivity contribution is 0.330. The van der Waals surface area contributed by atoms with Crippen molar-refractivity contribution in [1.82, 2.24) is 24.3 Å². The smallest absolute Gasteiger partial charge is 0.244 e. The van der Waals surface area contributed by atoms with E-state index in [9.17, 15) is 12.8 Å². The van der Waals surface area contributed by atoms with Gasteiger partial charge in [-0.05, 0) is 68.7 Å². The largest absolute Gasteiger partial charge is 0.371 e. The zero-order valence-electron chi connectivity index (χ0n) is 19.4. The Kier molecular flexibility index (Phi) is 5.44. The summed E-state index contributed by atoms with van der Waals surface area (Å²) in [6.45, 7) is 5.48. The van der Waals surface area contributed by atoms with Crippen LogP contribution >= 0.6 is 0 Å². The number of aromatic nitrogens is 4. The lowest BCUT2D eigenvalue weighted by Gasteiger charge is -2.41. The zero-order valence-corrected chi connectivity index (χ0v) is 20.2. The van der Waals surface area contributed by atoms with Crippen LogP contribution in [0.5, 0.6) is 0 Å². The Labute approximate surface area is 198 Å². The second-order valence-electron chi connectivity index (χ2n) is 9.23. The van der Waals surface area contributed by atoms with Crippen LogP contribution in [0.1, 0.15) is 25.3 Å². The molecular formula is C24H27FN6O2S. The van der Waals surface area contributed by atoms with E-state index >= 15 is 0 Å². The van der Waals surface area contributed by atoms with Crippen LogP contribution in [0.25, 0.3) is 16.6 Å². The van der Waals surface area contributed by atoms with Gasteiger partial charge in [0.1, 0.15) is 10.7 Å². The lowest BCUT2D eigenvalue weighted by Crippen LogP contribution is -2.53. The third kappa shape index (κ3) is 4.19. The number of piperidine rings is 1. The molecule has 0 atom stereocenters. The van der Waals surface area contributed by atoms with Crippen LogP contribution < -0.4 is 9.62 Å². The van der Waals surface area contributed by atoms with E-state index in [1.54, 1.807) is 19.2 Å². The second kappa shape index (κ2) is 8.21. The predicted molar refractivity (Wildman–Crippen MR) is 129 cm³/mol. The molecule has 0 bridgehead atoms. The van der Waals surface area contributed by atoms with E-state index in [-0.39, 0.29) is 10.7 Å². The number of hydrogen-bond acceptors (Lipinski definition) is 5. The number of nitrogens with zero attached hydrogens (tertiary/aromatic N) is 5. The van der Waals surface area contributed by atoms with Crippen LogP contribution in [0.15, 0.2) is 59.9 Å². The Morgan fingerprint density at radius 1 is 1.06 bits per heavy atom. The minimum absolute atomic E-state index is 0.179. The van der Waals surface area contributed by atoms with Crippen molar-refractivity contribution in [3.8, 4) is 5.69 Å². The Bertz CT molecular complexity index is 1450. The van der Waals surface area contributed by atoms with E-state index in [0.717, 1.165) is 40.9 Å². The molecule has 5 rings (SSSR count). The van der Waals surface area contributed by atoms with Crippen molar-refractivity contribution in [2.24, 2.45) is 7.05 Å². The standard InChI is InChI=1S/C24H27FN6O2S/c1-17-12-23-18(14-27-31(23)20-6-4-19(25)5-7-20)13-22(17)30-10-8-24(2,9-11-30)28-34(32,33)21-15-26-29(3)16-21/h4-7,12-16,28H,8-11H2,1-3H3. The molecule has 0 aliphatic carbocycles. The first-order valence-electron chi connectivity index (χ1n) is 11.2. The minimum atomic E-state index is -3.63. The molecule has 1 aliphatic heterocycles. The predicted octanol–water partition coefficient (Wildman–Crippen LogP) is 3.54. The Hall–Kier alpha value is -3.24. The van der Waals surface area contributed by atoms with E-state index < -0.39 is 15.6 Å². The van der Waals surface area contributed by atoms with Crippen molar-refractivity contribution >= 4 is 26.6 Å². The number of sulfonamides is 1. The molecule has 10 heteroatoms. The molecule has 1 N–H and O–H groups in total. The molecule has 0 radical (unpaired) electrons. The highest BCUT2D eigenvalue weighted by atomic mass is 32.2. The quantitative estimate of drug-likeness (QED) is 0.470. The van der Waals surface area contributed by atoms with Crippen molar-refractivity contribution in [3.05, 3.63) is 66.4 Å². The summed E-state index contributed by atoms with van der Waals surface area (Å²) in [7, 11) is -1.93. The SMILES string of the molecule is Cc1cc2c(cnn2-c2ccc(F)cc2)cc1N1CCC(C)(NS(=O)(=O)c2cnn(C)c2)CC1. The van der Waals surface area contributed by atoms with Crippen molar-refractivity contribution in [3.63, 3.8) is 0 Å². The third-order valence-electron chi connectivity index (χ3n) is 6.54. The molecule has 8 nitrogen and oxygen atoms in total. The van der Waals surface area contributed by atoms with Gasteiger partial charge in [0.05, 0.1) is 23.6 Å². The van der Waals surface area contributed by atoms with Gasteiger partial charge < -0.3 is 4.90 Å². The number of aryl methyl sites for hydroxylation is 2. The lowest BCUT2D eigenvalue weighted by atomic mass is 9.90. The molecule has 1 fully saturated rings. The molecule has 178 valence electrons. The number of rotatable bonds is 5. The number of halogens is 1. The fourth-order valence-electron chi connectivity index (χ4n) is 4.56. The topological polar surface area (TPSA) is 85.1 Å². The van der Waals surface area contributed by atoms with E-state index in [1.807, 2.05) is 17.8 Å². The molecular weight excluding hydrogens is 455 g/mol. The molecule has 3 heterocycles. The summed E-state index contributed by atoms with van der Waals surface area (Å²) in [6, 6.07) is 10.5. The maximum Gasteiger partial charge on any atom is 0.244 e. The number of nitrogens with one attached hydrogen (secondary N) is 1. The van der Waals surface area contributed by atoms with Gasteiger partial charge in [-0.25, -0.2) is 22.2 Å². The molecule has 1 aliphatic rings. The van der Waals surface area contributed by atoms with Gasteiger partial charge >= 0.3 is 0 Å². The van der Waals surface area contributed by atoms with Crippen LogP contribution in [0.4, 0.5) is 10.1 Å². The summed E-state index contributed by atoms with van der Waals surface area (Å²) >= 11 is 0. The first kappa shape index (κ1) is 22.5. The highest BCUT2D eigenvalue weighted by Gasteiger charge is 2.35. The average Bonchev–Trinajstić information content (AvgIpc) is 3.40. The van der Waals surface area contributed by atoms with Crippen molar-refractivity contribution in [2.75, 3.05) is 18.0 Å². The Morgan fingerprint density at radius 3 is 2.41 bits per heavy atom. The van der Waals surface area contributed by atoms with Crippen LogP contribution in [0.2, 0.25) is 0 Å². The number of benzene rings is 2. The van der Waals surface area contributed by atoms with Gasteiger partial charge in [0.25, 0.3) is 0 Å². The van der Waals surface area contributed by atoms with E-state index in [2.05, 4.69) is 38.9 Å². The van der Waals surface area contributed by atoms with Gasteiger partial charge in [-0.2, -0.15) is 10.2 Å². The van der Waals surface area contributed by atoms with Gasteiger partial charge in [-0.1, -0.05) is 0 Å². The summed E-state index contributed by atoms with van der Waals surface area (Å²) in [4.78, 5) is 2.47. The second-order valence-corrected chi connectivity index (χ2v) is 10.9. The van der Waals surface area contributed by atoms with Crippen LogP contribution in [0.3, 0.4) is 0 Å². The molecule has 34 heavy (non-hydrogen) atoms. The number of anilines is 1. The average molecular weight is 483 g/mol. The Morgan fingerprint density at radius 2 is 1.76 bits per heavy atom. The highest BCUT2D eigenvalue weighted by molar-refractivity contribution is 7.89. The number of fused-ring (bicyclic) bond motifs is 1. The fraction of sp³-hybridized carbons (Fsp3) is 0.333. The van der Waals surface area contributed by atoms with Crippen molar-refractivity contribution < 1.29 is 12.8 Å². The maximum atomic E-state index is 13.3. The summed E-state index contributed by atoms with van der Waals surface area (Å²) in [5.41, 5.74) is 3.45. The first-order valence-corrected chi connectivity index (χ1v) is 12.6. The highest BCUT2D eigenvalue weighted by Crippen LogP contribution is 2.32. The van der Waals surface area contributed by atoms with E-state index in [0.29, 0.717) is 12.8 Å². The van der Waals surface area contributed by atoms with Crippen molar-refractivity contribution in [2.45, 2.75) is 37.1 Å². The van der Waals surface area contributed by atoms with Gasteiger partial charge in [0.2, 0.25) is 10.0 Å². The van der Waals surface area contributed by atoms with Gasteiger partial charge in [-0.15, -0.1) is 0 Å². The van der Waals surface area contributed by atoms with E-state index in [4.69, 9.17) is 0 Å². The van der Waals surface area contributed by atoms with Gasteiger partial charge in [0.15, 0.2) is 0 Å². The normalized spacial score (nSPS) is 16.3. The van der Waals surface area contributed by atoms with Gasteiger partial charge in [-0.3, -0.25) is 4.68 Å². The van der Waals surface area contributed by atoms with Crippen LogP contribution in [-0.2, 0) is 17.1 Å². The summed E-state index contributed by atoms with van der Waals surface area (Å²) < 4.78 is 45.1. The molecule has 2 aromatic carbocycles. The summed E-state index contributed by atoms with van der Waals surface area (Å²) in [5, 5.41) is 9.48.